The molecule has 3 rings (SSSR count). The fraction of sp³-hybridized carbons (Fsp3) is 0.458. The predicted molar refractivity (Wildman–Crippen MR) is 141 cm³/mol. The molecule has 174 valence electrons. The molecule has 0 saturated carbocycles. The van der Waals surface area contributed by atoms with Gasteiger partial charge in [0.25, 0.3) is 5.69 Å². The van der Waals surface area contributed by atoms with Gasteiger partial charge < -0.3 is 15.5 Å². The first kappa shape index (κ1) is 26.1. The van der Waals surface area contributed by atoms with Gasteiger partial charge in [0.15, 0.2) is 5.96 Å². The minimum Gasteiger partial charge on any atom is -0.356 e. The summed E-state index contributed by atoms with van der Waals surface area (Å²) in [4.78, 5) is 17.7. The van der Waals surface area contributed by atoms with E-state index in [0.717, 1.165) is 50.4 Å². The van der Waals surface area contributed by atoms with Crippen molar-refractivity contribution >= 4 is 35.6 Å². The van der Waals surface area contributed by atoms with Crippen molar-refractivity contribution in [3.05, 3.63) is 75.8 Å². The molecule has 0 atom stereocenters. The van der Waals surface area contributed by atoms with E-state index in [1.165, 1.54) is 17.7 Å². The molecule has 1 heterocycles. The first-order chi connectivity index (χ1) is 15.0. The normalized spacial score (nSPS) is 15.3. The SMILES string of the molecule is CC(C)N1CCC(NC(=NCc2ccc([N+](=O)[O-])cc2)NCCc2ccccc2)CC1.I. The summed E-state index contributed by atoms with van der Waals surface area (Å²) >= 11 is 0. The molecule has 0 bridgehead atoms. The lowest BCUT2D eigenvalue weighted by atomic mass is 10.0. The molecule has 0 aromatic heterocycles. The van der Waals surface area contributed by atoms with Crippen LogP contribution in [0.1, 0.15) is 37.8 Å². The van der Waals surface area contributed by atoms with Crippen LogP contribution in [0.3, 0.4) is 0 Å². The number of hydrogen-bond donors (Lipinski definition) is 2. The number of nitrogens with one attached hydrogen (secondary N) is 2. The number of guanidine groups is 1. The number of piperidine rings is 1. The van der Waals surface area contributed by atoms with Crippen molar-refractivity contribution in [2.24, 2.45) is 4.99 Å². The molecule has 0 amide bonds. The highest BCUT2D eigenvalue weighted by atomic mass is 127. The van der Waals surface area contributed by atoms with E-state index in [0.29, 0.717) is 18.6 Å². The van der Waals surface area contributed by atoms with E-state index >= 15 is 0 Å². The molecular formula is C24H34IN5O2. The van der Waals surface area contributed by atoms with Gasteiger partial charge in [0.05, 0.1) is 11.5 Å². The maximum atomic E-state index is 10.9. The number of likely N-dealkylation sites (tertiary alicyclic amines) is 1. The van der Waals surface area contributed by atoms with Crippen molar-refractivity contribution in [3.63, 3.8) is 0 Å². The highest BCUT2D eigenvalue weighted by molar-refractivity contribution is 14.0. The van der Waals surface area contributed by atoms with Gasteiger partial charge in [-0.25, -0.2) is 4.99 Å². The Morgan fingerprint density at radius 1 is 1.09 bits per heavy atom. The third-order valence-electron chi connectivity index (χ3n) is 5.72. The smallest absolute Gasteiger partial charge is 0.269 e. The summed E-state index contributed by atoms with van der Waals surface area (Å²) in [5, 5.41) is 17.9. The molecule has 2 aromatic rings. The average molecular weight is 551 g/mol. The number of benzene rings is 2. The second kappa shape index (κ2) is 13.4. The first-order valence-electron chi connectivity index (χ1n) is 11.1. The first-order valence-corrected chi connectivity index (χ1v) is 11.1. The summed E-state index contributed by atoms with van der Waals surface area (Å²) in [7, 11) is 0. The molecule has 0 unspecified atom stereocenters. The van der Waals surface area contributed by atoms with Crippen molar-refractivity contribution in [1.82, 2.24) is 15.5 Å². The lowest BCUT2D eigenvalue weighted by Gasteiger charge is -2.35. The van der Waals surface area contributed by atoms with Crippen LogP contribution >= 0.6 is 24.0 Å². The minimum atomic E-state index is -0.380. The average Bonchev–Trinajstić information content (AvgIpc) is 2.78. The molecule has 1 saturated heterocycles. The second-order valence-electron chi connectivity index (χ2n) is 8.30. The fourth-order valence-electron chi connectivity index (χ4n) is 3.77. The Bertz CT molecular complexity index is 850. The Labute approximate surface area is 207 Å². The summed E-state index contributed by atoms with van der Waals surface area (Å²) in [6, 6.07) is 18.0. The summed E-state index contributed by atoms with van der Waals surface area (Å²) in [6.45, 7) is 7.94. The number of nitrogens with zero attached hydrogens (tertiary/aromatic N) is 3. The third-order valence-corrected chi connectivity index (χ3v) is 5.72. The van der Waals surface area contributed by atoms with Gasteiger partial charge in [0.2, 0.25) is 0 Å². The Morgan fingerprint density at radius 2 is 1.75 bits per heavy atom. The lowest BCUT2D eigenvalue weighted by molar-refractivity contribution is -0.384. The van der Waals surface area contributed by atoms with Crippen molar-refractivity contribution < 1.29 is 4.92 Å². The van der Waals surface area contributed by atoms with Crippen LogP contribution in [0.2, 0.25) is 0 Å². The molecule has 1 fully saturated rings. The predicted octanol–water partition coefficient (Wildman–Crippen LogP) is 4.36. The van der Waals surface area contributed by atoms with E-state index in [2.05, 4.69) is 53.6 Å². The monoisotopic (exact) mass is 551 g/mol. The number of aliphatic imine (C=N–C) groups is 1. The van der Waals surface area contributed by atoms with Crippen LogP contribution in [-0.2, 0) is 13.0 Å². The van der Waals surface area contributed by atoms with Crippen molar-refractivity contribution in [2.45, 2.75) is 51.7 Å². The molecule has 0 aliphatic carbocycles. The summed E-state index contributed by atoms with van der Waals surface area (Å²) in [6.07, 6.45) is 3.11. The van der Waals surface area contributed by atoms with Crippen LogP contribution in [0.15, 0.2) is 59.6 Å². The van der Waals surface area contributed by atoms with Gasteiger partial charge in [-0.1, -0.05) is 42.5 Å². The highest BCUT2D eigenvalue weighted by Crippen LogP contribution is 2.14. The maximum Gasteiger partial charge on any atom is 0.269 e. The van der Waals surface area contributed by atoms with E-state index in [1.54, 1.807) is 12.1 Å². The van der Waals surface area contributed by atoms with E-state index < -0.39 is 0 Å². The molecule has 32 heavy (non-hydrogen) atoms. The largest absolute Gasteiger partial charge is 0.356 e. The number of non-ortho nitro benzene ring substituents is 1. The van der Waals surface area contributed by atoms with Crippen LogP contribution in [0.25, 0.3) is 0 Å². The van der Waals surface area contributed by atoms with Crippen LogP contribution < -0.4 is 10.6 Å². The molecule has 2 N–H and O–H groups in total. The Hall–Kier alpha value is -2.20. The van der Waals surface area contributed by atoms with E-state index in [1.807, 2.05) is 6.07 Å². The number of halogens is 1. The quantitative estimate of drug-likeness (QED) is 0.168. The van der Waals surface area contributed by atoms with Gasteiger partial charge >= 0.3 is 0 Å². The molecule has 1 aliphatic rings. The van der Waals surface area contributed by atoms with Crippen molar-refractivity contribution in [1.29, 1.82) is 0 Å². The van der Waals surface area contributed by atoms with Gasteiger partial charge in [-0.15, -0.1) is 24.0 Å². The summed E-state index contributed by atoms with van der Waals surface area (Å²) in [5.74, 6) is 0.803. The zero-order chi connectivity index (χ0) is 22.1. The second-order valence-corrected chi connectivity index (χ2v) is 8.30. The van der Waals surface area contributed by atoms with Gasteiger partial charge in [0, 0.05) is 43.9 Å². The minimum absolute atomic E-state index is 0. The standard InChI is InChI=1S/C24H33N5O2.HI/c1-19(2)28-16-13-22(14-17-28)27-24(25-15-12-20-6-4-3-5-7-20)26-18-21-8-10-23(11-9-21)29(30)31;/h3-11,19,22H,12-18H2,1-2H3,(H2,25,26,27);1H. The molecule has 0 spiro atoms. The molecule has 2 aromatic carbocycles. The van der Waals surface area contributed by atoms with Gasteiger partial charge in [-0.05, 0) is 44.2 Å². The molecule has 0 radical (unpaired) electrons. The third kappa shape index (κ3) is 8.38. The van der Waals surface area contributed by atoms with Crippen molar-refractivity contribution in [3.8, 4) is 0 Å². The number of nitro benzene ring substituents is 1. The fourth-order valence-corrected chi connectivity index (χ4v) is 3.77. The number of hydrogen-bond acceptors (Lipinski definition) is 4. The van der Waals surface area contributed by atoms with E-state index in [-0.39, 0.29) is 34.6 Å². The summed E-state index contributed by atoms with van der Waals surface area (Å²) < 4.78 is 0. The van der Waals surface area contributed by atoms with Crippen LogP contribution in [-0.4, -0.2) is 47.5 Å². The van der Waals surface area contributed by atoms with Gasteiger partial charge in [-0.3, -0.25) is 10.1 Å². The topological polar surface area (TPSA) is 82.8 Å². The van der Waals surface area contributed by atoms with Crippen molar-refractivity contribution in [2.75, 3.05) is 19.6 Å². The number of nitro groups is 1. The van der Waals surface area contributed by atoms with Gasteiger partial charge in [-0.2, -0.15) is 0 Å². The molecule has 7 nitrogen and oxygen atoms in total. The molecular weight excluding hydrogens is 517 g/mol. The number of rotatable bonds is 8. The molecule has 1 aliphatic heterocycles. The highest BCUT2D eigenvalue weighted by Gasteiger charge is 2.21. The van der Waals surface area contributed by atoms with Crippen LogP contribution in [0.5, 0.6) is 0 Å². The maximum absolute atomic E-state index is 10.9. The lowest BCUT2D eigenvalue weighted by Crippen LogP contribution is -2.50. The van der Waals surface area contributed by atoms with E-state index in [9.17, 15) is 10.1 Å². The van der Waals surface area contributed by atoms with Crippen LogP contribution in [0, 0.1) is 10.1 Å². The summed E-state index contributed by atoms with van der Waals surface area (Å²) in [5.41, 5.74) is 2.34. The molecule has 8 heteroatoms. The Balaban J connectivity index is 0.00000363. The Morgan fingerprint density at radius 3 is 2.34 bits per heavy atom. The zero-order valence-corrected chi connectivity index (χ0v) is 21.2. The van der Waals surface area contributed by atoms with Gasteiger partial charge in [0.1, 0.15) is 0 Å². The van der Waals surface area contributed by atoms with Crippen LogP contribution in [0.4, 0.5) is 5.69 Å². The zero-order valence-electron chi connectivity index (χ0n) is 18.9. The Kier molecular flexibility index (Phi) is 10.9. The van der Waals surface area contributed by atoms with E-state index in [4.69, 9.17) is 4.99 Å².